The number of rotatable bonds is 4. The molecule has 0 aliphatic carbocycles. The maximum absolute atomic E-state index is 12.5. The Bertz CT molecular complexity index is 1110. The summed E-state index contributed by atoms with van der Waals surface area (Å²) in [4.78, 5) is 46.9. The number of anilines is 1. The van der Waals surface area contributed by atoms with Gasteiger partial charge < -0.3 is 19.8 Å². The normalized spacial score (nSPS) is 10.5. The van der Waals surface area contributed by atoms with Crippen molar-refractivity contribution in [3.63, 3.8) is 0 Å². The number of carbonyl (C=O) groups excluding carboxylic acids is 2. The van der Waals surface area contributed by atoms with Crippen LogP contribution in [0, 0.1) is 0 Å². The SMILES string of the molecule is COC(=O)c1cccc(NC(=O)c2cc3cnc(OC)nc3[nH]c2=O)c1Cl. The van der Waals surface area contributed by atoms with Crippen LogP contribution in [0.15, 0.2) is 35.3 Å². The van der Waals surface area contributed by atoms with Crippen molar-refractivity contribution >= 4 is 40.2 Å². The number of halogens is 1. The molecule has 9 nitrogen and oxygen atoms in total. The molecule has 138 valence electrons. The van der Waals surface area contributed by atoms with E-state index in [0.29, 0.717) is 5.39 Å². The highest BCUT2D eigenvalue weighted by Crippen LogP contribution is 2.27. The van der Waals surface area contributed by atoms with E-state index in [1.54, 1.807) is 0 Å². The Balaban J connectivity index is 1.96. The summed E-state index contributed by atoms with van der Waals surface area (Å²) < 4.78 is 9.53. The first-order chi connectivity index (χ1) is 12.9. The van der Waals surface area contributed by atoms with Gasteiger partial charge in [-0.2, -0.15) is 4.98 Å². The number of methoxy groups -OCH3 is 2. The Labute approximate surface area is 157 Å². The van der Waals surface area contributed by atoms with Gasteiger partial charge in [-0.15, -0.1) is 0 Å². The summed E-state index contributed by atoms with van der Waals surface area (Å²) in [5.74, 6) is -1.36. The van der Waals surface area contributed by atoms with Crippen molar-refractivity contribution in [1.82, 2.24) is 15.0 Å². The van der Waals surface area contributed by atoms with E-state index in [-0.39, 0.29) is 33.5 Å². The third kappa shape index (κ3) is 3.58. The van der Waals surface area contributed by atoms with Crippen molar-refractivity contribution in [2.75, 3.05) is 19.5 Å². The Morgan fingerprint density at radius 3 is 2.70 bits per heavy atom. The van der Waals surface area contributed by atoms with Crippen LogP contribution in [0.5, 0.6) is 6.01 Å². The number of nitrogens with one attached hydrogen (secondary N) is 2. The highest BCUT2D eigenvalue weighted by atomic mass is 35.5. The van der Waals surface area contributed by atoms with Gasteiger partial charge >= 0.3 is 12.0 Å². The third-order valence-electron chi connectivity index (χ3n) is 3.65. The summed E-state index contributed by atoms with van der Waals surface area (Å²) in [5, 5.41) is 2.95. The van der Waals surface area contributed by atoms with Gasteiger partial charge in [0.05, 0.1) is 30.5 Å². The second kappa shape index (κ2) is 7.42. The molecule has 0 aliphatic heterocycles. The largest absolute Gasteiger partial charge is 0.467 e. The zero-order valence-electron chi connectivity index (χ0n) is 14.2. The van der Waals surface area contributed by atoms with Gasteiger partial charge in [0.25, 0.3) is 11.5 Å². The van der Waals surface area contributed by atoms with E-state index in [2.05, 4.69) is 25.0 Å². The topological polar surface area (TPSA) is 123 Å². The van der Waals surface area contributed by atoms with Crippen LogP contribution < -0.4 is 15.6 Å². The summed E-state index contributed by atoms with van der Waals surface area (Å²) in [7, 11) is 2.61. The molecular weight excluding hydrogens is 376 g/mol. The number of aromatic amines is 1. The van der Waals surface area contributed by atoms with Gasteiger partial charge in [0.2, 0.25) is 0 Å². The number of esters is 1. The molecule has 3 aromatic rings. The molecule has 1 aromatic carbocycles. The maximum Gasteiger partial charge on any atom is 0.339 e. The predicted octanol–water partition coefficient (Wildman–Crippen LogP) is 2.02. The lowest BCUT2D eigenvalue weighted by Gasteiger charge is -2.10. The minimum absolute atomic E-state index is 0.00277. The van der Waals surface area contributed by atoms with Crippen LogP contribution in [0.2, 0.25) is 5.02 Å². The maximum atomic E-state index is 12.5. The average Bonchev–Trinajstić information content (AvgIpc) is 2.67. The average molecular weight is 389 g/mol. The van der Waals surface area contributed by atoms with Gasteiger partial charge in [0.15, 0.2) is 0 Å². The lowest BCUT2D eigenvalue weighted by atomic mass is 10.1. The number of carbonyl (C=O) groups is 2. The first-order valence-electron chi connectivity index (χ1n) is 7.57. The van der Waals surface area contributed by atoms with E-state index in [1.165, 1.54) is 44.7 Å². The number of nitrogens with zero attached hydrogens (tertiary/aromatic N) is 2. The fourth-order valence-electron chi connectivity index (χ4n) is 2.33. The molecule has 0 fully saturated rings. The van der Waals surface area contributed by atoms with E-state index in [0.717, 1.165) is 0 Å². The molecule has 10 heteroatoms. The van der Waals surface area contributed by atoms with Crippen LogP contribution in [0.3, 0.4) is 0 Å². The number of H-pyrrole nitrogens is 1. The van der Waals surface area contributed by atoms with Crippen molar-refractivity contribution in [2.45, 2.75) is 0 Å². The van der Waals surface area contributed by atoms with Crippen LogP contribution >= 0.6 is 11.6 Å². The van der Waals surface area contributed by atoms with Crippen LogP contribution in [-0.2, 0) is 4.74 Å². The number of aromatic nitrogens is 3. The van der Waals surface area contributed by atoms with Crippen molar-refractivity contribution in [3.8, 4) is 6.01 Å². The summed E-state index contributed by atoms with van der Waals surface area (Å²) in [6.45, 7) is 0. The highest BCUT2D eigenvalue weighted by molar-refractivity contribution is 6.36. The zero-order chi connectivity index (χ0) is 19.6. The highest BCUT2D eigenvalue weighted by Gasteiger charge is 2.18. The predicted molar refractivity (Wildman–Crippen MR) is 97.5 cm³/mol. The number of fused-ring (bicyclic) bond motifs is 1. The molecule has 2 heterocycles. The summed E-state index contributed by atoms with van der Waals surface area (Å²) >= 11 is 6.15. The summed E-state index contributed by atoms with van der Waals surface area (Å²) in [6, 6.07) is 5.91. The molecule has 0 spiro atoms. The van der Waals surface area contributed by atoms with E-state index < -0.39 is 17.4 Å². The number of pyridine rings is 1. The first-order valence-corrected chi connectivity index (χ1v) is 7.94. The molecular formula is C17H13ClN4O5. The molecule has 0 bridgehead atoms. The molecule has 2 aromatic heterocycles. The molecule has 0 unspecified atom stereocenters. The number of hydrogen-bond donors (Lipinski definition) is 2. The second-order valence-corrected chi connectivity index (χ2v) is 5.66. The van der Waals surface area contributed by atoms with E-state index >= 15 is 0 Å². The molecule has 3 rings (SSSR count). The quantitative estimate of drug-likeness (QED) is 0.655. The lowest BCUT2D eigenvalue weighted by molar-refractivity contribution is 0.0600. The van der Waals surface area contributed by atoms with Crippen LogP contribution in [0.25, 0.3) is 11.0 Å². The second-order valence-electron chi connectivity index (χ2n) is 5.29. The third-order valence-corrected chi connectivity index (χ3v) is 4.06. The number of amides is 1. The van der Waals surface area contributed by atoms with Crippen molar-refractivity contribution in [1.29, 1.82) is 0 Å². The molecule has 2 N–H and O–H groups in total. The standard InChI is InChI=1S/C17H13ClN4O5/c1-26-16(25)9-4-3-5-11(12(9)18)20-14(23)10-6-8-7-19-17(27-2)22-13(8)21-15(10)24/h3-7H,1-2H3,(H,20,23)(H,19,21,22,24). The number of hydrogen-bond acceptors (Lipinski definition) is 7. The number of benzene rings is 1. The van der Waals surface area contributed by atoms with Crippen molar-refractivity contribution in [2.24, 2.45) is 0 Å². The van der Waals surface area contributed by atoms with Crippen molar-refractivity contribution < 1.29 is 19.1 Å². The molecule has 0 aliphatic rings. The Kier molecular flexibility index (Phi) is 5.04. The van der Waals surface area contributed by atoms with Crippen LogP contribution in [0.1, 0.15) is 20.7 Å². The minimum atomic E-state index is -0.710. The van der Waals surface area contributed by atoms with Crippen LogP contribution in [-0.4, -0.2) is 41.0 Å². The fourth-order valence-corrected chi connectivity index (χ4v) is 2.58. The smallest absolute Gasteiger partial charge is 0.339 e. The van der Waals surface area contributed by atoms with Gasteiger partial charge in [-0.05, 0) is 18.2 Å². The van der Waals surface area contributed by atoms with E-state index in [9.17, 15) is 14.4 Å². The van der Waals surface area contributed by atoms with E-state index in [1.807, 2.05) is 0 Å². The molecule has 0 radical (unpaired) electrons. The van der Waals surface area contributed by atoms with Crippen molar-refractivity contribution in [3.05, 3.63) is 57.0 Å². The van der Waals surface area contributed by atoms with Gasteiger partial charge in [-0.1, -0.05) is 17.7 Å². The zero-order valence-corrected chi connectivity index (χ0v) is 15.0. The van der Waals surface area contributed by atoms with Gasteiger partial charge in [0, 0.05) is 11.6 Å². The van der Waals surface area contributed by atoms with Crippen LogP contribution in [0.4, 0.5) is 5.69 Å². The lowest BCUT2D eigenvalue weighted by Crippen LogP contribution is -2.23. The van der Waals surface area contributed by atoms with Gasteiger partial charge in [0.1, 0.15) is 11.2 Å². The molecule has 0 atom stereocenters. The van der Waals surface area contributed by atoms with E-state index in [4.69, 9.17) is 16.3 Å². The Morgan fingerprint density at radius 1 is 1.22 bits per heavy atom. The minimum Gasteiger partial charge on any atom is -0.467 e. The van der Waals surface area contributed by atoms with Gasteiger partial charge in [-0.3, -0.25) is 9.59 Å². The molecule has 0 saturated heterocycles. The molecule has 27 heavy (non-hydrogen) atoms. The fraction of sp³-hybridized carbons (Fsp3) is 0.118. The summed E-state index contributed by atoms with van der Waals surface area (Å²) in [5.41, 5.74) is -0.342. The monoisotopic (exact) mass is 388 g/mol. The Hall–Kier alpha value is -3.46. The first kappa shape index (κ1) is 18.3. The number of ether oxygens (including phenoxy) is 2. The van der Waals surface area contributed by atoms with Gasteiger partial charge in [-0.25, -0.2) is 9.78 Å². The Morgan fingerprint density at radius 2 is 2.00 bits per heavy atom. The molecule has 1 amide bonds. The molecule has 0 saturated carbocycles. The summed E-state index contributed by atoms with van der Waals surface area (Å²) in [6.07, 6.45) is 1.42.